The quantitative estimate of drug-likeness (QED) is 0.640. The van der Waals surface area contributed by atoms with Crippen LogP contribution in [0.25, 0.3) is 0 Å². The Labute approximate surface area is 131 Å². The minimum Gasteiger partial charge on any atom is -0.464 e. The first-order valence-corrected chi connectivity index (χ1v) is 8.84. The van der Waals surface area contributed by atoms with Crippen molar-refractivity contribution < 1.29 is 17.9 Å². The summed E-state index contributed by atoms with van der Waals surface area (Å²) in [4.78, 5) is 11.6. The summed E-state index contributed by atoms with van der Waals surface area (Å²) >= 11 is 0. The molecule has 2 rings (SSSR count). The van der Waals surface area contributed by atoms with Crippen molar-refractivity contribution in [2.45, 2.75) is 37.0 Å². The molecule has 6 nitrogen and oxygen atoms in total. The number of aryl methyl sites for hydroxylation is 1. The summed E-state index contributed by atoms with van der Waals surface area (Å²) in [6, 6.07) is 1.33. The van der Waals surface area contributed by atoms with Crippen LogP contribution < -0.4 is 4.72 Å². The third-order valence-corrected chi connectivity index (χ3v) is 5.24. The second-order valence-corrected chi connectivity index (χ2v) is 7.19. The molecule has 0 spiro atoms. The van der Waals surface area contributed by atoms with E-state index in [0.29, 0.717) is 6.54 Å². The lowest BCUT2D eigenvalue weighted by Gasteiger charge is -2.12. The maximum Gasteiger partial charge on any atom is 0.354 e. The summed E-state index contributed by atoms with van der Waals surface area (Å²) in [5.41, 5.74) is 1.52. The maximum atomic E-state index is 12.3. The minimum atomic E-state index is -3.61. The molecule has 22 heavy (non-hydrogen) atoms. The number of ether oxygens (including phenoxy) is 1. The third kappa shape index (κ3) is 3.98. The Morgan fingerprint density at radius 1 is 1.41 bits per heavy atom. The summed E-state index contributed by atoms with van der Waals surface area (Å²) in [5.74, 6) is -0.559. The Kier molecular flexibility index (Phi) is 5.42. The molecule has 1 heterocycles. The van der Waals surface area contributed by atoms with Crippen molar-refractivity contribution in [3.05, 3.63) is 29.6 Å². The van der Waals surface area contributed by atoms with Gasteiger partial charge in [0.05, 0.1) is 7.11 Å². The van der Waals surface area contributed by atoms with Crippen LogP contribution in [0.2, 0.25) is 0 Å². The SMILES string of the molecule is COC(=O)c1cc(S(=O)(=O)NCCC2=CCCCC2)cn1C. The van der Waals surface area contributed by atoms with Crippen molar-refractivity contribution in [1.82, 2.24) is 9.29 Å². The van der Waals surface area contributed by atoms with Gasteiger partial charge < -0.3 is 9.30 Å². The highest BCUT2D eigenvalue weighted by Gasteiger charge is 2.20. The fraction of sp³-hybridized carbons (Fsp3) is 0.533. The average molecular weight is 326 g/mol. The van der Waals surface area contributed by atoms with Crippen molar-refractivity contribution in [3.63, 3.8) is 0 Å². The lowest BCUT2D eigenvalue weighted by atomic mass is 9.97. The molecule has 7 heteroatoms. The van der Waals surface area contributed by atoms with E-state index in [1.807, 2.05) is 0 Å². The molecule has 0 radical (unpaired) electrons. The number of sulfonamides is 1. The van der Waals surface area contributed by atoms with Crippen molar-refractivity contribution in [2.24, 2.45) is 7.05 Å². The summed E-state index contributed by atoms with van der Waals surface area (Å²) in [6.07, 6.45) is 8.89. The van der Waals surface area contributed by atoms with Crippen molar-refractivity contribution in [2.75, 3.05) is 13.7 Å². The van der Waals surface area contributed by atoms with Crippen LogP contribution in [0, 0.1) is 0 Å². The fourth-order valence-corrected chi connectivity index (χ4v) is 3.65. The van der Waals surface area contributed by atoms with E-state index in [2.05, 4.69) is 15.5 Å². The molecule has 1 aromatic heterocycles. The van der Waals surface area contributed by atoms with Crippen molar-refractivity contribution in [3.8, 4) is 0 Å². The van der Waals surface area contributed by atoms with E-state index in [-0.39, 0.29) is 10.6 Å². The molecule has 0 bridgehead atoms. The molecule has 0 saturated heterocycles. The summed E-state index contributed by atoms with van der Waals surface area (Å²) in [7, 11) is -0.738. The average Bonchev–Trinajstić information content (AvgIpc) is 2.90. The molecule has 0 aromatic carbocycles. The second-order valence-electron chi connectivity index (χ2n) is 5.42. The zero-order valence-electron chi connectivity index (χ0n) is 13.0. The Bertz CT molecular complexity index is 674. The number of carbonyl (C=O) groups excluding carboxylic acids is 1. The first-order valence-electron chi connectivity index (χ1n) is 7.36. The summed E-state index contributed by atoms with van der Waals surface area (Å²) in [6.45, 7) is 0.372. The van der Waals surface area contributed by atoms with Gasteiger partial charge in [0.25, 0.3) is 0 Å². The van der Waals surface area contributed by atoms with E-state index in [1.165, 1.54) is 42.4 Å². The molecule has 0 atom stereocenters. The van der Waals surface area contributed by atoms with Crippen LogP contribution in [-0.4, -0.2) is 32.6 Å². The van der Waals surface area contributed by atoms with Gasteiger partial charge in [0.15, 0.2) is 0 Å². The Balaban J connectivity index is 2.01. The molecule has 1 N–H and O–H groups in total. The first kappa shape index (κ1) is 16.8. The van der Waals surface area contributed by atoms with Crippen LogP contribution in [0.4, 0.5) is 0 Å². The third-order valence-electron chi connectivity index (χ3n) is 3.81. The number of carbonyl (C=O) groups is 1. The van der Waals surface area contributed by atoms with E-state index in [9.17, 15) is 13.2 Å². The van der Waals surface area contributed by atoms with Gasteiger partial charge in [-0.15, -0.1) is 0 Å². The zero-order valence-corrected chi connectivity index (χ0v) is 13.8. The normalized spacial score (nSPS) is 15.5. The number of hydrogen-bond donors (Lipinski definition) is 1. The van der Waals surface area contributed by atoms with Crippen LogP contribution in [0.15, 0.2) is 28.8 Å². The van der Waals surface area contributed by atoms with Gasteiger partial charge in [-0.2, -0.15) is 0 Å². The van der Waals surface area contributed by atoms with Gasteiger partial charge >= 0.3 is 5.97 Å². The van der Waals surface area contributed by atoms with Gasteiger partial charge in [-0.1, -0.05) is 11.6 Å². The Morgan fingerprint density at radius 2 is 2.18 bits per heavy atom. The summed E-state index contributed by atoms with van der Waals surface area (Å²) in [5, 5.41) is 0. The Hall–Kier alpha value is -1.60. The van der Waals surface area contributed by atoms with Crippen molar-refractivity contribution in [1.29, 1.82) is 0 Å². The van der Waals surface area contributed by atoms with Gasteiger partial charge in [-0.3, -0.25) is 0 Å². The van der Waals surface area contributed by atoms with E-state index >= 15 is 0 Å². The van der Waals surface area contributed by atoms with E-state index in [4.69, 9.17) is 0 Å². The molecular weight excluding hydrogens is 304 g/mol. The molecule has 1 aromatic rings. The molecular formula is C15H22N2O4S. The van der Waals surface area contributed by atoms with Crippen LogP contribution >= 0.6 is 0 Å². The minimum absolute atomic E-state index is 0.0769. The zero-order chi connectivity index (χ0) is 16.2. The lowest BCUT2D eigenvalue weighted by molar-refractivity contribution is 0.0590. The summed E-state index contributed by atoms with van der Waals surface area (Å²) < 4.78 is 33.2. The van der Waals surface area contributed by atoms with E-state index in [0.717, 1.165) is 19.3 Å². The largest absolute Gasteiger partial charge is 0.464 e. The van der Waals surface area contributed by atoms with Crippen LogP contribution in [-0.2, 0) is 21.8 Å². The molecule has 1 aliphatic carbocycles. The van der Waals surface area contributed by atoms with Crippen LogP contribution in [0.1, 0.15) is 42.6 Å². The van der Waals surface area contributed by atoms with Gasteiger partial charge in [0.2, 0.25) is 10.0 Å². The number of nitrogens with zero attached hydrogens (tertiary/aromatic N) is 1. The molecule has 0 amide bonds. The highest BCUT2D eigenvalue weighted by molar-refractivity contribution is 7.89. The second kappa shape index (κ2) is 7.11. The Morgan fingerprint density at radius 3 is 2.82 bits per heavy atom. The van der Waals surface area contributed by atoms with Gasteiger partial charge in [0.1, 0.15) is 10.6 Å². The van der Waals surface area contributed by atoms with Gasteiger partial charge in [0, 0.05) is 19.8 Å². The molecule has 0 saturated carbocycles. The predicted octanol–water partition coefficient (Wildman–Crippen LogP) is 1.98. The van der Waals surface area contributed by atoms with Crippen molar-refractivity contribution >= 4 is 16.0 Å². The lowest BCUT2D eigenvalue weighted by Crippen LogP contribution is -2.25. The highest BCUT2D eigenvalue weighted by atomic mass is 32.2. The monoisotopic (exact) mass is 326 g/mol. The van der Waals surface area contributed by atoms with Gasteiger partial charge in [-0.25, -0.2) is 17.9 Å². The molecule has 0 fully saturated rings. The number of methoxy groups -OCH3 is 1. The van der Waals surface area contributed by atoms with E-state index in [1.54, 1.807) is 7.05 Å². The predicted molar refractivity (Wildman–Crippen MR) is 83.1 cm³/mol. The topological polar surface area (TPSA) is 77.4 Å². The fourth-order valence-electron chi connectivity index (χ4n) is 2.55. The van der Waals surface area contributed by atoms with Crippen LogP contribution in [0.5, 0.6) is 0 Å². The maximum absolute atomic E-state index is 12.3. The van der Waals surface area contributed by atoms with Crippen LogP contribution in [0.3, 0.4) is 0 Å². The standard InChI is InChI=1S/C15H22N2O4S/c1-17-11-13(10-14(17)15(18)21-2)22(19,20)16-9-8-12-6-4-3-5-7-12/h6,10-11,16H,3-5,7-9H2,1-2H3. The molecule has 122 valence electrons. The van der Waals surface area contributed by atoms with E-state index < -0.39 is 16.0 Å². The molecule has 1 aliphatic rings. The smallest absolute Gasteiger partial charge is 0.354 e. The van der Waals surface area contributed by atoms with Gasteiger partial charge in [-0.05, 0) is 38.2 Å². The first-order chi connectivity index (χ1) is 10.4. The molecule has 0 unspecified atom stereocenters. The number of allylic oxidation sites excluding steroid dienone is 1. The number of aromatic nitrogens is 1. The number of hydrogen-bond acceptors (Lipinski definition) is 4. The number of nitrogens with one attached hydrogen (secondary N) is 1. The number of esters is 1. The molecule has 0 aliphatic heterocycles. The number of rotatable bonds is 6. The highest BCUT2D eigenvalue weighted by Crippen LogP contribution is 2.20.